The molecule has 0 bridgehead atoms. The lowest BCUT2D eigenvalue weighted by Gasteiger charge is -2.38. The predicted molar refractivity (Wildman–Crippen MR) is 108 cm³/mol. The highest BCUT2D eigenvalue weighted by Gasteiger charge is 2.30. The number of ether oxygens (including phenoxy) is 1. The fraction of sp³-hybridized carbons (Fsp3) is 0.500. The van der Waals surface area contributed by atoms with Crippen molar-refractivity contribution in [3.8, 4) is 0 Å². The van der Waals surface area contributed by atoms with Gasteiger partial charge in [0.05, 0.1) is 19.2 Å². The van der Waals surface area contributed by atoms with Gasteiger partial charge in [0.25, 0.3) is 0 Å². The largest absolute Gasteiger partial charge is 0.383 e. The Morgan fingerprint density at radius 3 is 2.56 bits per heavy atom. The van der Waals surface area contributed by atoms with E-state index in [0.29, 0.717) is 13.2 Å². The van der Waals surface area contributed by atoms with Gasteiger partial charge in [-0.3, -0.25) is 9.80 Å². The van der Waals surface area contributed by atoms with Gasteiger partial charge < -0.3 is 4.74 Å². The van der Waals surface area contributed by atoms with Crippen LogP contribution >= 0.6 is 24.0 Å². The van der Waals surface area contributed by atoms with Crippen molar-refractivity contribution >= 4 is 24.0 Å². The molecule has 1 saturated heterocycles. The van der Waals surface area contributed by atoms with E-state index in [1.165, 1.54) is 0 Å². The van der Waals surface area contributed by atoms with Crippen molar-refractivity contribution in [1.82, 2.24) is 30.0 Å². The van der Waals surface area contributed by atoms with E-state index < -0.39 is 0 Å². The van der Waals surface area contributed by atoms with Crippen LogP contribution in [0.4, 0.5) is 0 Å². The van der Waals surface area contributed by atoms with E-state index in [1.807, 2.05) is 22.9 Å². The van der Waals surface area contributed by atoms with Crippen molar-refractivity contribution < 1.29 is 4.74 Å². The van der Waals surface area contributed by atoms with Crippen molar-refractivity contribution in [2.24, 2.45) is 0 Å². The summed E-state index contributed by atoms with van der Waals surface area (Å²) >= 11 is 6.09. The zero-order chi connectivity index (χ0) is 18.4. The standard InChI is InChI=1S/C18H25ClN6O.ClH/c1-3-8-23-9-11-24(12-10-23)17(15-4-6-16(19)7-5-15)18-20-21-22-25(18)13-14-26-2;/h3-7,17H,1,8-14H2,2H3;1H. The van der Waals surface area contributed by atoms with Gasteiger partial charge in [-0.1, -0.05) is 29.8 Å². The maximum absolute atomic E-state index is 6.09. The van der Waals surface area contributed by atoms with E-state index in [9.17, 15) is 0 Å². The summed E-state index contributed by atoms with van der Waals surface area (Å²) in [5.41, 5.74) is 1.14. The maximum Gasteiger partial charge on any atom is 0.173 e. The SMILES string of the molecule is C=CCN1CCN(C(c2ccc(Cl)cc2)c2nnnn2CCOC)CC1.Cl. The Labute approximate surface area is 171 Å². The summed E-state index contributed by atoms with van der Waals surface area (Å²) in [5.74, 6) is 0.835. The summed E-state index contributed by atoms with van der Waals surface area (Å²) in [6.45, 7) is 9.83. The topological polar surface area (TPSA) is 59.3 Å². The Kier molecular flexibility index (Phi) is 8.66. The van der Waals surface area contributed by atoms with E-state index >= 15 is 0 Å². The summed E-state index contributed by atoms with van der Waals surface area (Å²) in [7, 11) is 1.68. The van der Waals surface area contributed by atoms with E-state index in [-0.39, 0.29) is 18.4 Å². The third-order valence-corrected chi connectivity index (χ3v) is 4.91. The molecule has 7 nitrogen and oxygen atoms in total. The molecule has 0 spiro atoms. The number of benzene rings is 1. The van der Waals surface area contributed by atoms with Crippen molar-refractivity contribution in [2.75, 3.05) is 46.4 Å². The van der Waals surface area contributed by atoms with Crippen LogP contribution in [0.2, 0.25) is 5.02 Å². The van der Waals surface area contributed by atoms with Gasteiger partial charge in [0, 0.05) is 44.9 Å². The molecule has 1 aromatic heterocycles. The molecule has 1 fully saturated rings. The average molecular weight is 413 g/mol. The Morgan fingerprint density at radius 1 is 1.22 bits per heavy atom. The summed E-state index contributed by atoms with van der Waals surface area (Å²) in [4.78, 5) is 4.83. The van der Waals surface area contributed by atoms with Gasteiger partial charge in [0.2, 0.25) is 0 Å². The molecule has 1 atom stereocenters. The second-order valence-corrected chi connectivity index (χ2v) is 6.77. The van der Waals surface area contributed by atoms with Crippen LogP contribution in [0.5, 0.6) is 0 Å². The number of hydrogen-bond acceptors (Lipinski definition) is 6. The van der Waals surface area contributed by atoms with Crippen LogP contribution in [-0.2, 0) is 11.3 Å². The number of nitrogens with zero attached hydrogens (tertiary/aromatic N) is 6. The van der Waals surface area contributed by atoms with Crippen LogP contribution < -0.4 is 0 Å². The molecule has 1 aliphatic heterocycles. The minimum absolute atomic E-state index is 0. The number of rotatable bonds is 8. The molecule has 2 heterocycles. The van der Waals surface area contributed by atoms with Crippen LogP contribution in [0.25, 0.3) is 0 Å². The molecule has 9 heteroatoms. The first kappa shape index (κ1) is 21.8. The van der Waals surface area contributed by atoms with E-state index in [1.54, 1.807) is 7.11 Å². The van der Waals surface area contributed by atoms with Gasteiger partial charge in [-0.2, -0.15) is 0 Å². The Balaban J connectivity index is 0.00000261. The van der Waals surface area contributed by atoms with Crippen LogP contribution in [0, 0.1) is 0 Å². The van der Waals surface area contributed by atoms with Gasteiger partial charge in [-0.25, -0.2) is 4.68 Å². The molecule has 0 saturated carbocycles. The van der Waals surface area contributed by atoms with Gasteiger partial charge in [-0.05, 0) is 28.1 Å². The molecule has 0 amide bonds. The molecule has 0 aliphatic carbocycles. The highest BCUT2D eigenvalue weighted by atomic mass is 35.5. The first-order valence-corrected chi connectivity index (χ1v) is 9.18. The number of hydrogen-bond donors (Lipinski definition) is 0. The molecule has 1 aromatic carbocycles. The second kappa shape index (κ2) is 10.7. The first-order valence-electron chi connectivity index (χ1n) is 8.80. The number of methoxy groups -OCH3 is 1. The lowest BCUT2D eigenvalue weighted by molar-refractivity contribution is 0.111. The van der Waals surface area contributed by atoms with Gasteiger partial charge in [-0.15, -0.1) is 24.1 Å². The molecule has 3 rings (SSSR count). The minimum atomic E-state index is -0.00926. The second-order valence-electron chi connectivity index (χ2n) is 6.33. The van der Waals surface area contributed by atoms with E-state index in [0.717, 1.165) is 49.1 Å². The predicted octanol–water partition coefficient (Wildman–Crippen LogP) is 2.29. The molecule has 0 N–H and O–H groups in total. The highest BCUT2D eigenvalue weighted by Crippen LogP contribution is 2.29. The van der Waals surface area contributed by atoms with E-state index in [2.05, 4.69) is 44.0 Å². The van der Waals surface area contributed by atoms with E-state index in [4.69, 9.17) is 16.3 Å². The Bertz CT molecular complexity index is 700. The Morgan fingerprint density at radius 2 is 1.93 bits per heavy atom. The van der Waals surface area contributed by atoms with Gasteiger partial charge in [0.15, 0.2) is 5.82 Å². The smallest absolute Gasteiger partial charge is 0.173 e. The highest BCUT2D eigenvalue weighted by molar-refractivity contribution is 6.30. The number of aromatic nitrogens is 4. The lowest BCUT2D eigenvalue weighted by Crippen LogP contribution is -2.48. The zero-order valence-corrected chi connectivity index (χ0v) is 17.1. The molecule has 2 aromatic rings. The van der Waals surface area contributed by atoms with Crippen molar-refractivity contribution in [3.63, 3.8) is 0 Å². The monoisotopic (exact) mass is 412 g/mol. The fourth-order valence-corrected chi connectivity index (χ4v) is 3.43. The molecule has 0 radical (unpaired) electrons. The number of halogens is 2. The van der Waals surface area contributed by atoms with Crippen LogP contribution in [0.15, 0.2) is 36.9 Å². The normalized spacial score (nSPS) is 16.7. The van der Waals surface area contributed by atoms with Crippen molar-refractivity contribution in [1.29, 1.82) is 0 Å². The third kappa shape index (κ3) is 5.49. The summed E-state index contributed by atoms with van der Waals surface area (Å²) in [6.07, 6.45) is 1.96. The molecular weight excluding hydrogens is 387 g/mol. The molecule has 148 valence electrons. The Hall–Kier alpha value is -1.51. The molecule has 27 heavy (non-hydrogen) atoms. The van der Waals surface area contributed by atoms with Crippen LogP contribution in [-0.4, -0.2) is 76.4 Å². The maximum atomic E-state index is 6.09. The molecule has 1 unspecified atom stereocenters. The van der Waals surface area contributed by atoms with Crippen molar-refractivity contribution in [3.05, 3.63) is 53.3 Å². The average Bonchev–Trinajstić information content (AvgIpc) is 3.11. The van der Waals surface area contributed by atoms with Gasteiger partial charge in [0.1, 0.15) is 0 Å². The quantitative estimate of drug-likeness (QED) is 0.619. The zero-order valence-electron chi connectivity index (χ0n) is 15.5. The van der Waals surface area contributed by atoms with Crippen molar-refractivity contribution in [2.45, 2.75) is 12.6 Å². The fourth-order valence-electron chi connectivity index (χ4n) is 3.30. The summed E-state index contributed by atoms with van der Waals surface area (Å²) in [6, 6.07) is 7.93. The number of piperazine rings is 1. The minimum Gasteiger partial charge on any atom is -0.383 e. The molecule has 1 aliphatic rings. The third-order valence-electron chi connectivity index (χ3n) is 4.66. The summed E-state index contributed by atoms with van der Waals surface area (Å²) < 4.78 is 7.03. The van der Waals surface area contributed by atoms with Crippen LogP contribution in [0.3, 0.4) is 0 Å². The van der Waals surface area contributed by atoms with Crippen LogP contribution in [0.1, 0.15) is 17.4 Å². The molecular formula is C18H26Cl2N6O. The van der Waals surface area contributed by atoms with Gasteiger partial charge >= 0.3 is 0 Å². The lowest BCUT2D eigenvalue weighted by atomic mass is 10.0. The summed E-state index contributed by atoms with van der Waals surface area (Å²) in [5, 5.41) is 13.1. The number of tetrazole rings is 1. The first-order chi connectivity index (χ1) is 12.7.